The zero-order valence-electron chi connectivity index (χ0n) is 16.2. The SMILES string of the molecule is COc1cccc(OC)c1O.O=COCC1CCc2cc3c(cc2C1Br)OCO3. The first-order chi connectivity index (χ1) is 14.1. The number of hydrogen-bond donors (Lipinski definition) is 1. The van der Waals surface area contributed by atoms with E-state index >= 15 is 0 Å². The van der Waals surface area contributed by atoms with Crippen molar-refractivity contribution in [3.05, 3.63) is 41.5 Å². The second-order valence-corrected chi connectivity index (χ2v) is 7.53. The first-order valence-electron chi connectivity index (χ1n) is 9.10. The van der Waals surface area contributed by atoms with Crippen LogP contribution in [0.1, 0.15) is 22.4 Å². The number of ether oxygens (including phenoxy) is 5. The number of carbonyl (C=O) groups excluding carboxylic acids is 1. The molecule has 0 bridgehead atoms. The summed E-state index contributed by atoms with van der Waals surface area (Å²) in [6, 6.07) is 9.17. The maximum absolute atomic E-state index is 10.3. The minimum Gasteiger partial charge on any atom is -0.502 e. The van der Waals surface area contributed by atoms with Crippen LogP contribution in [0.25, 0.3) is 0 Å². The Morgan fingerprint density at radius 3 is 2.45 bits per heavy atom. The standard InChI is InChI=1S/C13H13BrO4.C8H10O3/c14-13-9(5-16-6-15)2-1-8-3-11-12(4-10(8)13)18-7-17-11;1-10-6-4-3-5-7(11-2)8(6)9/h3-4,6,9,13H,1-2,5,7H2;3-5,9H,1-2H3. The number of carbonyl (C=O) groups is 1. The number of fused-ring (bicyclic) bond motifs is 2. The molecule has 0 amide bonds. The molecule has 0 fully saturated rings. The molecule has 2 atom stereocenters. The summed E-state index contributed by atoms with van der Waals surface area (Å²) < 4.78 is 25.4. The van der Waals surface area contributed by atoms with Crippen molar-refractivity contribution in [2.45, 2.75) is 17.7 Å². The topological polar surface area (TPSA) is 83.5 Å². The van der Waals surface area contributed by atoms with Crippen LogP contribution in [0.4, 0.5) is 0 Å². The van der Waals surface area contributed by atoms with Crippen molar-refractivity contribution in [3.8, 4) is 28.7 Å². The van der Waals surface area contributed by atoms with Crippen LogP contribution in [0.15, 0.2) is 30.3 Å². The van der Waals surface area contributed by atoms with Gasteiger partial charge in [-0.05, 0) is 48.2 Å². The summed E-state index contributed by atoms with van der Waals surface area (Å²) in [5, 5.41) is 9.34. The molecule has 0 radical (unpaired) electrons. The van der Waals surface area contributed by atoms with E-state index < -0.39 is 0 Å². The Morgan fingerprint density at radius 1 is 1.17 bits per heavy atom. The number of aryl methyl sites for hydroxylation is 1. The van der Waals surface area contributed by atoms with Gasteiger partial charge in [-0.1, -0.05) is 22.0 Å². The predicted molar refractivity (Wildman–Crippen MR) is 109 cm³/mol. The van der Waals surface area contributed by atoms with Gasteiger partial charge < -0.3 is 28.8 Å². The Morgan fingerprint density at radius 2 is 1.83 bits per heavy atom. The van der Waals surface area contributed by atoms with E-state index in [0.717, 1.165) is 24.3 Å². The lowest BCUT2D eigenvalue weighted by atomic mass is 9.84. The van der Waals surface area contributed by atoms with Gasteiger partial charge in [0.15, 0.2) is 23.0 Å². The number of rotatable bonds is 5. The van der Waals surface area contributed by atoms with E-state index in [-0.39, 0.29) is 10.6 Å². The van der Waals surface area contributed by atoms with Crippen molar-refractivity contribution >= 4 is 22.4 Å². The van der Waals surface area contributed by atoms with Gasteiger partial charge in [0, 0.05) is 10.7 Å². The first kappa shape index (κ1) is 21.1. The highest BCUT2D eigenvalue weighted by molar-refractivity contribution is 9.09. The number of para-hydroxylation sites is 1. The molecule has 29 heavy (non-hydrogen) atoms. The summed E-state index contributed by atoms with van der Waals surface area (Å²) in [5.41, 5.74) is 2.49. The van der Waals surface area contributed by atoms with Crippen LogP contribution in [-0.4, -0.2) is 39.2 Å². The van der Waals surface area contributed by atoms with Gasteiger partial charge in [0.25, 0.3) is 6.47 Å². The van der Waals surface area contributed by atoms with Gasteiger partial charge in [-0.2, -0.15) is 0 Å². The smallest absolute Gasteiger partial charge is 0.293 e. The molecule has 2 unspecified atom stereocenters. The van der Waals surface area contributed by atoms with Crippen LogP contribution in [0.3, 0.4) is 0 Å². The number of methoxy groups -OCH3 is 2. The van der Waals surface area contributed by atoms with Gasteiger partial charge in [0.05, 0.1) is 20.8 Å². The van der Waals surface area contributed by atoms with Crippen LogP contribution in [0.2, 0.25) is 0 Å². The van der Waals surface area contributed by atoms with Crippen molar-refractivity contribution in [3.63, 3.8) is 0 Å². The molecule has 2 aromatic carbocycles. The Balaban J connectivity index is 0.000000188. The second kappa shape index (κ2) is 9.73. The number of aromatic hydroxyl groups is 1. The molecule has 1 N–H and O–H groups in total. The number of phenolic OH excluding ortho intramolecular Hbond substituents is 1. The quantitative estimate of drug-likeness (QED) is 0.526. The lowest BCUT2D eigenvalue weighted by Gasteiger charge is -2.29. The van der Waals surface area contributed by atoms with Crippen LogP contribution in [-0.2, 0) is 16.0 Å². The van der Waals surface area contributed by atoms with Crippen molar-refractivity contribution < 1.29 is 33.6 Å². The van der Waals surface area contributed by atoms with Crippen LogP contribution in [0, 0.1) is 5.92 Å². The molecule has 0 saturated carbocycles. The van der Waals surface area contributed by atoms with Crippen molar-refractivity contribution in [2.75, 3.05) is 27.6 Å². The number of hydrogen-bond acceptors (Lipinski definition) is 7. The summed E-state index contributed by atoms with van der Waals surface area (Å²) >= 11 is 3.70. The third-order valence-corrected chi connectivity index (χ3v) is 6.15. The number of benzene rings is 2. The summed E-state index contributed by atoms with van der Waals surface area (Å²) in [5.74, 6) is 2.82. The van der Waals surface area contributed by atoms with E-state index in [1.165, 1.54) is 25.3 Å². The van der Waals surface area contributed by atoms with E-state index in [2.05, 4.69) is 22.0 Å². The molecular formula is C21H23BrO7. The Bertz CT molecular complexity index is 833. The zero-order valence-corrected chi connectivity index (χ0v) is 17.8. The van der Waals surface area contributed by atoms with Gasteiger partial charge in [-0.15, -0.1) is 0 Å². The Kier molecular flexibility index (Phi) is 7.09. The highest BCUT2D eigenvalue weighted by Gasteiger charge is 2.30. The molecule has 0 spiro atoms. The Hall–Kier alpha value is -2.61. The summed E-state index contributed by atoms with van der Waals surface area (Å²) in [6.07, 6.45) is 1.97. The molecule has 0 saturated heterocycles. The fourth-order valence-electron chi connectivity index (χ4n) is 3.38. The molecule has 1 heterocycles. The third-order valence-electron chi connectivity index (χ3n) is 4.91. The maximum Gasteiger partial charge on any atom is 0.293 e. The van der Waals surface area contributed by atoms with E-state index in [4.69, 9.17) is 23.7 Å². The second-order valence-electron chi connectivity index (χ2n) is 6.55. The summed E-state index contributed by atoms with van der Waals surface area (Å²) in [4.78, 5) is 10.5. The minimum absolute atomic E-state index is 0.0394. The van der Waals surface area contributed by atoms with Crippen molar-refractivity contribution in [1.82, 2.24) is 0 Å². The Labute approximate surface area is 177 Å². The van der Waals surface area contributed by atoms with Crippen LogP contribution >= 0.6 is 15.9 Å². The lowest BCUT2D eigenvalue weighted by molar-refractivity contribution is -0.130. The number of phenols is 1. The maximum atomic E-state index is 10.3. The number of halogens is 1. The van der Waals surface area contributed by atoms with E-state index in [1.54, 1.807) is 18.2 Å². The van der Waals surface area contributed by atoms with E-state index in [0.29, 0.717) is 37.3 Å². The van der Waals surface area contributed by atoms with Gasteiger partial charge in [0.1, 0.15) is 0 Å². The first-order valence-corrected chi connectivity index (χ1v) is 10.0. The average Bonchev–Trinajstić information content (AvgIpc) is 3.20. The van der Waals surface area contributed by atoms with Crippen LogP contribution in [0.5, 0.6) is 28.7 Å². The minimum atomic E-state index is 0.0394. The van der Waals surface area contributed by atoms with Gasteiger partial charge in [0.2, 0.25) is 12.5 Å². The van der Waals surface area contributed by atoms with Crippen molar-refractivity contribution in [2.24, 2.45) is 5.92 Å². The molecule has 7 nitrogen and oxygen atoms in total. The van der Waals surface area contributed by atoms with Crippen LogP contribution < -0.4 is 18.9 Å². The fraction of sp³-hybridized carbons (Fsp3) is 0.381. The molecule has 2 aliphatic rings. The molecule has 1 aliphatic heterocycles. The molecule has 2 aromatic rings. The van der Waals surface area contributed by atoms with Gasteiger partial charge in [-0.25, -0.2) is 0 Å². The van der Waals surface area contributed by atoms with Gasteiger partial charge >= 0.3 is 0 Å². The molecule has 4 rings (SSSR count). The zero-order chi connectivity index (χ0) is 20.8. The van der Waals surface area contributed by atoms with Crippen molar-refractivity contribution in [1.29, 1.82) is 0 Å². The third kappa shape index (κ3) is 4.70. The summed E-state index contributed by atoms with van der Waals surface area (Å²) in [6.45, 7) is 1.26. The highest BCUT2D eigenvalue weighted by atomic mass is 79.9. The monoisotopic (exact) mass is 466 g/mol. The average molecular weight is 467 g/mol. The summed E-state index contributed by atoms with van der Waals surface area (Å²) in [7, 11) is 2.99. The fourth-order valence-corrected chi connectivity index (χ4v) is 4.22. The lowest BCUT2D eigenvalue weighted by Crippen LogP contribution is -2.21. The molecule has 8 heteroatoms. The number of alkyl halides is 1. The highest BCUT2D eigenvalue weighted by Crippen LogP contribution is 2.45. The molecule has 156 valence electrons. The van der Waals surface area contributed by atoms with E-state index in [9.17, 15) is 9.90 Å². The van der Waals surface area contributed by atoms with E-state index in [1.807, 2.05) is 6.07 Å². The van der Waals surface area contributed by atoms with Gasteiger partial charge in [-0.3, -0.25) is 4.79 Å². The normalized spacial score (nSPS) is 18.7. The predicted octanol–water partition coefficient (Wildman–Crippen LogP) is 4.00. The molecular weight excluding hydrogens is 444 g/mol. The molecule has 1 aliphatic carbocycles. The largest absolute Gasteiger partial charge is 0.502 e. The molecule has 0 aromatic heterocycles.